The van der Waals surface area contributed by atoms with Crippen LogP contribution in [0.2, 0.25) is 0 Å². The fraction of sp³-hybridized carbons (Fsp3) is 0.750. The summed E-state index contributed by atoms with van der Waals surface area (Å²) in [6, 6.07) is -0.803. The molecule has 0 aromatic heterocycles. The first kappa shape index (κ1) is 16.4. The van der Waals surface area contributed by atoms with Gasteiger partial charge in [-0.1, -0.05) is 0 Å². The summed E-state index contributed by atoms with van der Waals surface area (Å²) in [5, 5.41) is 17.1. The lowest BCUT2D eigenvalue weighted by atomic mass is 10.1. The molecule has 0 aromatic rings. The van der Waals surface area contributed by atoms with Crippen molar-refractivity contribution in [3.05, 3.63) is 0 Å². The Morgan fingerprint density at radius 2 is 1.80 bits per heavy atom. The number of nitrogens with two attached hydrogens (primary N) is 1. The quantitative estimate of drug-likeness (QED) is 0.563. The Morgan fingerprint density at radius 3 is 2.30 bits per heavy atom. The van der Waals surface area contributed by atoms with Gasteiger partial charge in [-0.3, -0.25) is 9.59 Å². The number of carboxylic acid groups (broad SMARTS) is 2. The Kier molecular flexibility index (Phi) is 6.40. The molecule has 0 saturated carbocycles. The molecule has 1 aliphatic rings. The Balaban J connectivity index is 2.31. The molecule has 0 bridgehead atoms. The van der Waals surface area contributed by atoms with E-state index in [-0.39, 0.29) is 31.5 Å². The number of hydrogen-bond acceptors (Lipinski definition) is 5. The van der Waals surface area contributed by atoms with Crippen molar-refractivity contribution in [3.8, 4) is 0 Å². The van der Waals surface area contributed by atoms with Gasteiger partial charge in [-0.05, 0) is 19.3 Å². The molecular weight excluding hydrogens is 268 g/mol. The van der Waals surface area contributed by atoms with Gasteiger partial charge in [0.25, 0.3) is 0 Å². The zero-order chi connectivity index (χ0) is 15.1. The van der Waals surface area contributed by atoms with Crippen LogP contribution in [0.25, 0.3) is 0 Å². The van der Waals surface area contributed by atoms with Crippen LogP contribution in [0.1, 0.15) is 25.7 Å². The maximum absolute atomic E-state index is 12.0. The first-order chi connectivity index (χ1) is 9.40. The standard InChI is InChI=1S/C12H20N2O6/c13-9(1-2-10(15)16)12(19)14-5-3-8(4-6-14)20-7-11(17)18/h8-9H,1-7,13H2,(H,15,16)(H,17,18). The number of amides is 1. The van der Waals surface area contributed by atoms with Crippen molar-refractivity contribution in [1.29, 1.82) is 0 Å². The van der Waals surface area contributed by atoms with Crippen LogP contribution in [0.3, 0.4) is 0 Å². The Hall–Kier alpha value is -1.67. The van der Waals surface area contributed by atoms with Crippen molar-refractivity contribution in [2.75, 3.05) is 19.7 Å². The Bertz CT molecular complexity index is 365. The molecule has 1 amide bonds. The number of ether oxygens (including phenoxy) is 1. The summed E-state index contributed by atoms with van der Waals surface area (Å²) in [5.41, 5.74) is 5.67. The Morgan fingerprint density at radius 1 is 1.20 bits per heavy atom. The maximum atomic E-state index is 12.0. The van der Waals surface area contributed by atoms with Gasteiger partial charge in [0.15, 0.2) is 0 Å². The van der Waals surface area contributed by atoms with E-state index in [4.69, 9.17) is 20.7 Å². The minimum Gasteiger partial charge on any atom is -0.481 e. The predicted octanol–water partition coefficient (Wildman–Crippen LogP) is -0.729. The molecule has 1 atom stereocenters. The van der Waals surface area contributed by atoms with E-state index in [2.05, 4.69) is 0 Å². The number of hydrogen-bond donors (Lipinski definition) is 3. The summed E-state index contributed by atoms with van der Waals surface area (Å²) in [5.74, 6) is -2.25. The summed E-state index contributed by atoms with van der Waals surface area (Å²) in [6.45, 7) is 0.560. The predicted molar refractivity (Wildman–Crippen MR) is 68.0 cm³/mol. The average Bonchev–Trinajstić information content (AvgIpc) is 2.42. The van der Waals surface area contributed by atoms with E-state index < -0.39 is 18.0 Å². The van der Waals surface area contributed by atoms with E-state index in [1.54, 1.807) is 4.90 Å². The first-order valence-corrected chi connectivity index (χ1v) is 6.49. The third kappa shape index (κ3) is 5.54. The molecule has 4 N–H and O–H groups in total. The second-order valence-corrected chi connectivity index (χ2v) is 4.77. The van der Waals surface area contributed by atoms with Gasteiger partial charge in [0.05, 0.1) is 12.1 Å². The van der Waals surface area contributed by atoms with Gasteiger partial charge in [0.1, 0.15) is 6.61 Å². The fourth-order valence-electron chi connectivity index (χ4n) is 2.07. The maximum Gasteiger partial charge on any atom is 0.329 e. The van der Waals surface area contributed by atoms with Gasteiger partial charge in [-0.2, -0.15) is 0 Å². The summed E-state index contributed by atoms with van der Waals surface area (Å²) in [7, 11) is 0. The molecule has 0 aromatic carbocycles. The van der Waals surface area contributed by atoms with Gasteiger partial charge in [0.2, 0.25) is 5.91 Å². The number of carbonyl (C=O) groups excluding carboxylic acids is 1. The van der Waals surface area contributed by atoms with Crippen LogP contribution in [0, 0.1) is 0 Å². The van der Waals surface area contributed by atoms with Crippen molar-refractivity contribution >= 4 is 17.8 Å². The molecule has 1 heterocycles. The number of likely N-dealkylation sites (tertiary alicyclic amines) is 1. The molecule has 114 valence electrons. The van der Waals surface area contributed by atoms with E-state index in [0.29, 0.717) is 25.9 Å². The average molecular weight is 288 g/mol. The molecule has 1 saturated heterocycles. The van der Waals surface area contributed by atoms with Crippen LogP contribution in [0.15, 0.2) is 0 Å². The van der Waals surface area contributed by atoms with Gasteiger partial charge < -0.3 is 25.6 Å². The fourth-order valence-corrected chi connectivity index (χ4v) is 2.07. The van der Waals surface area contributed by atoms with Gasteiger partial charge in [-0.15, -0.1) is 0 Å². The van der Waals surface area contributed by atoms with Crippen LogP contribution in [-0.4, -0.2) is 64.8 Å². The number of piperidine rings is 1. The topological polar surface area (TPSA) is 130 Å². The highest BCUT2D eigenvalue weighted by Crippen LogP contribution is 2.15. The molecule has 8 heteroatoms. The summed E-state index contributed by atoms with van der Waals surface area (Å²) in [6.07, 6.45) is 0.940. The van der Waals surface area contributed by atoms with Crippen LogP contribution in [0.5, 0.6) is 0 Å². The normalized spacial score (nSPS) is 17.8. The molecule has 1 unspecified atom stereocenters. The van der Waals surface area contributed by atoms with Crippen molar-refractivity contribution in [2.24, 2.45) is 5.73 Å². The first-order valence-electron chi connectivity index (χ1n) is 6.49. The van der Waals surface area contributed by atoms with E-state index in [9.17, 15) is 14.4 Å². The Labute approximate surface area is 116 Å². The van der Waals surface area contributed by atoms with Crippen LogP contribution in [-0.2, 0) is 19.1 Å². The smallest absolute Gasteiger partial charge is 0.329 e. The van der Waals surface area contributed by atoms with Gasteiger partial charge >= 0.3 is 11.9 Å². The largest absolute Gasteiger partial charge is 0.481 e. The number of carboxylic acids is 2. The van der Waals surface area contributed by atoms with Crippen molar-refractivity contribution < 1.29 is 29.3 Å². The van der Waals surface area contributed by atoms with Crippen LogP contribution < -0.4 is 5.73 Å². The molecule has 0 spiro atoms. The minimum absolute atomic E-state index is 0.115. The minimum atomic E-state index is -1.01. The van der Waals surface area contributed by atoms with Gasteiger partial charge in [0, 0.05) is 19.5 Å². The second-order valence-electron chi connectivity index (χ2n) is 4.77. The summed E-state index contributed by atoms with van der Waals surface area (Å²) >= 11 is 0. The van der Waals surface area contributed by atoms with E-state index in [0.717, 1.165) is 0 Å². The highest BCUT2D eigenvalue weighted by Gasteiger charge is 2.27. The summed E-state index contributed by atoms with van der Waals surface area (Å²) < 4.78 is 5.17. The molecule has 20 heavy (non-hydrogen) atoms. The number of carbonyl (C=O) groups is 3. The van der Waals surface area contributed by atoms with Gasteiger partial charge in [-0.25, -0.2) is 4.79 Å². The second kappa shape index (κ2) is 7.81. The monoisotopic (exact) mass is 288 g/mol. The van der Waals surface area contributed by atoms with Crippen molar-refractivity contribution in [1.82, 2.24) is 4.90 Å². The molecule has 1 aliphatic heterocycles. The summed E-state index contributed by atoms with van der Waals surface area (Å²) in [4.78, 5) is 34.3. The zero-order valence-corrected chi connectivity index (χ0v) is 11.2. The zero-order valence-electron chi connectivity index (χ0n) is 11.2. The number of aliphatic carboxylic acids is 2. The molecule has 8 nitrogen and oxygen atoms in total. The lowest BCUT2D eigenvalue weighted by molar-refractivity contribution is -0.147. The van der Waals surface area contributed by atoms with Crippen LogP contribution in [0.4, 0.5) is 0 Å². The van der Waals surface area contributed by atoms with Crippen LogP contribution >= 0.6 is 0 Å². The van der Waals surface area contributed by atoms with Crippen molar-refractivity contribution in [2.45, 2.75) is 37.8 Å². The molecule has 0 radical (unpaired) electrons. The highest BCUT2D eigenvalue weighted by molar-refractivity contribution is 5.82. The number of rotatable bonds is 7. The molecule has 1 fully saturated rings. The number of nitrogens with zero attached hydrogens (tertiary/aromatic N) is 1. The molecular formula is C12H20N2O6. The third-order valence-corrected chi connectivity index (χ3v) is 3.18. The SMILES string of the molecule is NC(CCC(=O)O)C(=O)N1CCC(OCC(=O)O)CC1. The lowest BCUT2D eigenvalue weighted by Gasteiger charge is -2.33. The highest BCUT2D eigenvalue weighted by atomic mass is 16.5. The van der Waals surface area contributed by atoms with E-state index in [1.165, 1.54) is 0 Å². The molecule has 0 aliphatic carbocycles. The van der Waals surface area contributed by atoms with Crippen molar-refractivity contribution in [3.63, 3.8) is 0 Å². The third-order valence-electron chi connectivity index (χ3n) is 3.18. The van der Waals surface area contributed by atoms with E-state index >= 15 is 0 Å². The lowest BCUT2D eigenvalue weighted by Crippen LogP contribution is -2.48. The molecule has 1 rings (SSSR count). The van der Waals surface area contributed by atoms with E-state index in [1.807, 2.05) is 0 Å².